The van der Waals surface area contributed by atoms with Crippen molar-refractivity contribution in [1.29, 1.82) is 0 Å². The second-order valence-electron chi connectivity index (χ2n) is 5.01. The molecular weight excluding hydrogens is 200 g/mol. The van der Waals surface area contributed by atoms with Crippen molar-refractivity contribution in [2.45, 2.75) is 52.2 Å². The second kappa shape index (κ2) is 6.01. The Morgan fingerprint density at radius 2 is 1.60 bits per heavy atom. The molecule has 84 valence electrons. The fraction of sp³-hybridized carbons (Fsp3) is 0.692. The van der Waals surface area contributed by atoms with E-state index in [1.165, 1.54) is 0 Å². The molecule has 0 rings (SSSR count). The average molecular weight is 222 g/mol. The minimum atomic E-state index is -1.62. The van der Waals surface area contributed by atoms with Crippen LogP contribution in [-0.2, 0) is 4.43 Å². The molecule has 0 N–H and O–H groups in total. The zero-order chi connectivity index (χ0) is 11.9. The summed E-state index contributed by atoms with van der Waals surface area (Å²) in [5.74, 6) is 11.4. The standard InChI is InChI=1S/C13H22OSi/c1-7-8-9-10-11-12-14-15(5,6)13(2,3)4/h7,12H2,1-6H3. The van der Waals surface area contributed by atoms with Gasteiger partial charge in [0.1, 0.15) is 0 Å². The molecule has 0 aromatic rings. The largest absolute Gasteiger partial charge is 0.406 e. The van der Waals surface area contributed by atoms with Gasteiger partial charge in [0.25, 0.3) is 0 Å². The molecule has 2 heteroatoms. The summed E-state index contributed by atoms with van der Waals surface area (Å²) in [6, 6.07) is 0. The smallest absolute Gasteiger partial charge is 0.193 e. The Kier molecular flexibility index (Phi) is 5.72. The van der Waals surface area contributed by atoms with E-state index in [2.05, 4.69) is 57.5 Å². The highest BCUT2D eigenvalue weighted by Crippen LogP contribution is 2.36. The lowest BCUT2D eigenvalue weighted by atomic mass is 10.2. The highest BCUT2D eigenvalue weighted by atomic mass is 28.4. The van der Waals surface area contributed by atoms with Gasteiger partial charge in [-0.25, -0.2) is 0 Å². The molecule has 0 aliphatic carbocycles. The molecule has 0 aliphatic rings. The monoisotopic (exact) mass is 222 g/mol. The molecule has 0 saturated carbocycles. The van der Waals surface area contributed by atoms with Gasteiger partial charge in [0.05, 0.1) is 6.61 Å². The molecule has 0 fully saturated rings. The highest BCUT2D eigenvalue weighted by Gasteiger charge is 2.36. The molecule has 0 spiro atoms. The van der Waals surface area contributed by atoms with Crippen LogP contribution >= 0.6 is 0 Å². The molecular formula is C13H22OSi. The number of hydrogen-bond acceptors (Lipinski definition) is 1. The normalized spacial score (nSPS) is 11.1. The summed E-state index contributed by atoms with van der Waals surface area (Å²) in [6.07, 6.45) is 0.859. The van der Waals surface area contributed by atoms with Crippen LogP contribution in [0.3, 0.4) is 0 Å². The molecule has 0 amide bonds. The first-order valence-electron chi connectivity index (χ1n) is 5.41. The summed E-state index contributed by atoms with van der Waals surface area (Å²) in [5.41, 5.74) is 0. The molecule has 0 saturated heterocycles. The van der Waals surface area contributed by atoms with Gasteiger partial charge >= 0.3 is 0 Å². The van der Waals surface area contributed by atoms with E-state index in [0.717, 1.165) is 6.42 Å². The van der Waals surface area contributed by atoms with E-state index in [0.29, 0.717) is 6.61 Å². The van der Waals surface area contributed by atoms with Gasteiger partial charge in [0, 0.05) is 6.42 Å². The van der Waals surface area contributed by atoms with E-state index in [4.69, 9.17) is 4.43 Å². The lowest BCUT2D eigenvalue weighted by Crippen LogP contribution is -2.40. The Bertz CT molecular complexity index is 301. The summed E-state index contributed by atoms with van der Waals surface area (Å²) in [7, 11) is -1.62. The minimum Gasteiger partial charge on any atom is -0.406 e. The Hall–Kier alpha value is -0.703. The van der Waals surface area contributed by atoms with Crippen molar-refractivity contribution in [3.05, 3.63) is 0 Å². The first-order chi connectivity index (χ1) is 6.81. The van der Waals surface area contributed by atoms with Crippen LogP contribution in [-0.4, -0.2) is 14.9 Å². The Morgan fingerprint density at radius 3 is 2.07 bits per heavy atom. The van der Waals surface area contributed by atoms with E-state index < -0.39 is 8.32 Å². The molecule has 0 aliphatic heterocycles. The minimum absolute atomic E-state index is 0.254. The molecule has 1 nitrogen and oxygen atoms in total. The van der Waals surface area contributed by atoms with Gasteiger partial charge in [-0.2, -0.15) is 0 Å². The molecule has 0 aromatic heterocycles. The predicted octanol–water partition coefficient (Wildman–Crippen LogP) is 3.43. The third-order valence-corrected chi connectivity index (χ3v) is 7.21. The van der Waals surface area contributed by atoms with Gasteiger partial charge < -0.3 is 4.43 Å². The van der Waals surface area contributed by atoms with Gasteiger partial charge in [-0.05, 0) is 30.0 Å². The Labute approximate surface area is 95.7 Å². The van der Waals surface area contributed by atoms with Gasteiger partial charge in [0.15, 0.2) is 8.32 Å². The maximum Gasteiger partial charge on any atom is 0.193 e. The first-order valence-corrected chi connectivity index (χ1v) is 8.32. The van der Waals surface area contributed by atoms with Crippen LogP contribution in [0.1, 0.15) is 34.1 Å². The third kappa shape index (κ3) is 5.67. The Morgan fingerprint density at radius 1 is 1.07 bits per heavy atom. The van der Waals surface area contributed by atoms with Crippen LogP contribution < -0.4 is 0 Å². The van der Waals surface area contributed by atoms with Crippen molar-refractivity contribution in [2.24, 2.45) is 0 Å². The molecule has 0 atom stereocenters. The van der Waals surface area contributed by atoms with Crippen LogP contribution in [0.15, 0.2) is 0 Å². The summed E-state index contributed by atoms with van der Waals surface area (Å²) in [4.78, 5) is 0. The molecule has 0 radical (unpaired) electrons. The summed E-state index contributed by atoms with van der Waals surface area (Å²) in [6.45, 7) is 13.7. The van der Waals surface area contributed by atoms with Crippen molar-refractivity contribution in [3.8, 4) is 23.7 Å². The molecule has 0 unspecified atom stereocenters. The van der Waals surface area contributed by atoms with E-state index >= 15 is 0 Å². The zero-order valence-electron chi connectivity index (χ0n) is 10.8. The molecule has 0 heterocycles. The van der Waals surface area contributed by atoms with Crippen LogP contribution in [0.2, 0.25) is 18.1 Å². The molecule has 15 heavy (non-hydrogen) atoms. The van der Waals surface area contributed by atoms with Crippen LogP contribution in [0.25, 0.3) is 0 Å². The van der Waals surface area contributed by atoms with Crippen molar-refractivity contribution < 1.29 is 4.43 Å². The van der Waals surface area contributed by atoms with Crippen LogP contribution in [0.5, 0.6) is 0 Å². The Balaban J connectivity index is 4.10. The van der Waals surface area contributed by atoms with Crippen molar-refractivity contribution in [2.75, 3.05) is 6.61 Å². The van der Waals surface area contributed by atoms with Gasteiger partial charge in [0.2, 0.25) is 0 Å². The lowest BCUT2D eigenvalue weighted by Gasteiger charge is -2.35. The number of rotatable bonds is 2. The van der Waals surface area contributed by atoms with Crippen molar-refractivity contribution >= 4 is 8.32 Å². The zero-order valence-corrected chi connectivity index (χ0v) is 11.8. The summed E-state index contributed by atoms with van der Waals surface area (Å²) < 4.78 is 5.87. The fourth-order valence-electron chi connectivity index (χ4n) is 0.646. The maximum absolute atomic E-state index is 5.87. The maximum atomic E-state index is 5.87. The topological polar surface area (TPSA) is 9.23 Å². The van der Waals surface area contributed by atoms with Crippen LogP contribution in [0.4, 0.5) is 0 Å². The third-order valence-electron chi connectivity index (χ3n) is 2.73. The summed E-state index contributed by atoms with van der Waals surface area (Å²) in [5, 5.41) is 0.254. The van der Waals surface area contributed by atoms with Crippen LogP contribution in [0, 0.1) is 23.7 Å². The van der Waals surface area contributed by atoms with Gasteiger partial charge in [-0.15, -0.1) is 0 Å². The van der Waals surface area contributed by atoms with E-state index in [-0.39, 0.29) is 5.04 Å². The summed E-state index contributed by atoms with van der Waals surface area (Å²) >= 11 is 0. The molecule has 0 bridgehead atoms. The lowest BCUT2D eigenvalue weighted by molar-refractivity contribution is 0.334. The predicted molar refractivity (Wildman–Crippen MR) is 69.0 cm³/mol. The highest BCUT2D eigenvalue weighted by molar-refractivity contribution is 6.74. The first kappa shape index (κ1) is 14.3. The fourth-order valence-corrected chi connectivity index (χ4v) is 1.51. The van der Waals surface area contributed by atoms with E-state index in [1.807, 2.05) is 6.92 Å². The van der Waals surface area contributed by atoms with Crippen molar-refractivity contribution in [1.82, 2.24) is 0 Å². The SMILES string of the molecule is CCC#CC#CCO[Si](C)(C)C(C)(C)C. The average Bonchev–Trinajstić information content (AvgIpc) is 2.09. The van der Waals surface area contributed by atoms with E-state index in [1.54, 1.807) is 0 Å². The number of hydrogen-bond donors (Lipinski definition) is 0. The molecule has 0 aromatic carbocycles. The van der Waals surface area contributed by atoms with Gasteiger partial charge in [-0.1, -0.05) is 39.5 Å². The van der Waals surface area contributed by atoms with Gasteiger partial charge in [-0.3, -0.25) is 0 Å². The van der Waals surface area contributed by atoms with E-state index in [9.17, 15) is 0 Å². The van der Waals surface area contributed by atoms with Crippen molar-refractivity contribution in [3.63, 3.8) is 0 Å². The second-order valence-corrected chi connectivity index (χ2v) is 9.82. The quantitative estimate of drug-likeness (QED) is 0.514.